The first-order valence-electron chi connectivity index (χ1n) is 4.72. The average Bonchev–Trinajstić information content (AvgIpc) is 2.16. The smallest absolute Gasteiger partial charge is 0.129 e. The van der Waals surface area contributed by atoms with Gasteiger partial charge in [-0.1, -0.05) is 15.9 Å². The Morgan fingerprint density at radius 1 is 1.53 bits per heavy atom. The van der Waals surface area contributed by atoms with Gasteiger partial charge in [0.25, 0.3) is 0 Å². The Bertz CT molecular complexity index is 406. The van der Waals surface area contributed by atoms with Crippen LogP contribution in [0.15, 0.2) is 16.6 Å². The molecule has 0 radical (unpaired) electrons. The van der Waals surface area contributed by atoms with Gasteiger partial charge in [0.1, 0.15) is 5.82 Å². The highest BCUT2D eigenvalue weighted by molar-refractivity contribution is 9.10. The number of rotatable bonds is 0. The SMILES string of the molecule is CC1(C)SCc2c(Br)ccc(F)c2C1O. The number of fused-ring (bicyclic) bond motifs is 1. The summed E-state index contributed by atoms with van der Waals surface area (Å²) in [5.74, 6) is 0.423. The molecule has 1 heterocycles. The summed E-state index contributed by atoms with van der Waals surface area (Å²) in [5, 5.41) is 10.1. The van der Waals surface area contributed by atoms with Crippen LogP contribution in [0, 0.1) is 5.82 Å². The lowest BCUT2D eigenvalue weighted by atomic mass is 9.93. The lowest BCUT2D eigenvalue weighted by Gasteiger charge is -2.36. The maximum atomic E-state index is 13.7. The third-order valence-electron chi connectivity index (χ3n) is 2.77. The first kappa shape index (κ1) is 11.4. The van der Waals surface area contributed by atoms with E-state index in [0.29, 0.717) is 5.56 Å². The Morgan fingerprint density at radius 2 is 2.20 bits per heavy atom. The third kappa shape index (κ3) is 1.83. The second-order valence-electron chi connectivity index (χ2n) is 4.22. The van der Waals surface area contributed by atoms with Crippen LogP contribution in [-0.4, -0.2) is 9.85 Å². The van der Waals surface area contributed by atoms with Crippen LogP contribution in [0.1, 0.15) is 31.1 Å². The number of hydrogen-bond donors (Lipinski definition) is 1. The van der Waals surface area contributed by atoms with Crippen molar-refractivity contribution in [2.75, 3.05) is 0 Å². The lowest BCUT2D eigenvalue weighted by molar-refractivity contribution is 0.137. The van der Waals surface area contributed by atoms with Gasteiger partial charge in [-0.25, -0.2) is 4.39 Å². The Balaban J connectivity index is 2.60. The predicted molar refractivity (Wildman–Crippen MR) is 64.4 cm³/mol. The van der Waals surface area contributed by atoms with Crippen LogP contribution in [0.5, 0.6) is 0 Å². The molecule has 1 unspecified atom stereocenters. The Morgan fingerprint density at radius 3 is 2.87 bits per heavy atom. The molecule has 4 heteroatoms. The fourth-order valence-corrected chi connectivity index (χ4v) is 3.51. The fourth-order valence-electron chi connectivity index (χ4n) is 1.74. The number of halogens is 2. The summed E-state index contributed by atoms with van der Waals surface area (Å²) in [4.78, 5) is 0. The van der Waals surface area contributed by atoms with E-state index in [1.54, 1.807) is 17.8 Å². The predicted octanol–water partition coefficient (Wildman–Crippen LogP) is 3.65. The summed E-state index contributed by atoms with van der Waals surface area (Å²) in [6, 6.07) is 3.10. The van der Waals surface area contributed by atoms with Crippen LogP contribution < -0.4 is 0 Å². The second-order valence-corrected chi connectivity index (χ2v) is 6.70. The molecule has 0 aromatic heterocycles. The Hall–Kier alpha value is -0.0600. The van der Waals surface area contributed by atoms with Crippen molar-refractivity contribution >= 4 is 27.7 Å². The van der Waals surface area contributed by atoms with Crippen molar-refractivity contribution < 1.29 is 9.50 Å². The zero-order valence-electron chi connectivity index (χ0n) is 8.55. The van der Waals surface area contributed by atoms with E-state index in [1.165, 1.54) is 6.07 Å². The molecule has 1 aromatic carbocycles. The number of benzene rings is 1. The Kier molecular flexibility index (Phi) is 2.86. The molecule has 0 saturated heterocycles. The molecule has 1 aromatic rings. The van der Waals surface area contributed by atoms with Gasteiger partial charge in [0.2, 0.25) is 0 Å². The molecule has 1 nitrogen and oxygen atoms in total. The highest BCUT2D eigenvalue weighted by atomic mass is 79.9. The minimum absolute atomic E-state index is 0.311. The van der Waals surface area contributed by atoms with Gasteiger partial charge in [-0.3, -0.25) is 0 Å². The molecule has 1 N–H and O–H groups in total. The molecule has 0 fully saturated rings. The van der Waals surface area contributed by atoms with E-state index in [4.69, 9.17) is 0 Å². The van der Waals surface area contributed by atoms with Gasteiger partial charge in [0.15, 0.2) is 0 Å². The molecule has 1 aliphatic rings. The minimum atomic E-state index is -0.747. The summed E-state index contributed by atoms with van der Waals surface area (Å²) >= 11 is 5.04. The zero-order valence-corrected chi connectivity index (χ0v) is 11.0. The molecule has 0 aliphatic carbocycles. The van der Waals surface area contributed by atoms with E-state index in [-0.39, 0.29) is 10.6 Å². The molecule has 2 rings (SSSR count). The number of aliphatic hydroxyl groups is 1. The van der Waals surface area contributed by atoms with Gasteiger partial charge < -0.3 is 5.11 Å². The maximum absolute atomic E-state index is 13.7. The minimum Gasteiger partial charge on any atom is -0.387 e. The lowest BCUT2D eigenvalue weighted by Crippen LogP contribution is -2.31. The summed E-state index contributed by atoms with van der Waals surface area (Å²) in [7, 11) is 0. The summed E-state index contributed by atoms with van der Waals surface area (Å²) in [6.07, 6.45) is -0.747. The van der Waals surface area contributed by atoms with E-state index in [1.807, 2.05) is 13.8 Å². The van der Waals surface area contributed by atoms with Crippen LogP contribution in [-0.2, 0) is 5.75 Å². The second kappa shape index (κ2) is 3.75. The van der Waals surface area contributed by atoms with E-state index in [0.717, 1.165) is 15.8 Å². The maximum Gasteiger partial charge on any atom is 0.129 e. The van der Waals surface area contributed by atoms with Crippen LogP contribution in [0.25, 0.3) is 0 Å². The van der Waals surface area contributed by atoms with E-state index in [9.17, 15) is 9.50 Å². The highest BCUT2D eigenvalue weighted by Gasteiger charge is 2.37. The van der Waals surface area contributed by atoms with Crippen molar-refractivity contribution in [3.05, 3.63) is 33.5 Å². The number of hydrogen-bond acceptors (Lipinski definition) is 2. The monoisotopic (exact) mass is 290 g/mol. The van der Waals surface area contributed by atoms with E-state index < -0.39 is 6.10 Å². The Labute approximate surface area is 101 Å². The van der Waals surface area contributed by atoms with E-state index in [2.05, 4.69) is 15.9 Å². The normalized spacial score (nSPS) is 23.7. The van der Waals surface area contributed by atoms with Crippen molar-refractivity contribution in [2.24, 2.45) is 0 Å². The molecule has 82 valence electrons. The summed E-state index contributed by atoms with van der Waals surface area (Å²) in [6.45, 7) is 3.87. The van der Waals surface area contributed by atoms with E-state index >= 15 is 0 Å². The topological polar surface area (TPSA) is 20.2 Å². The van der Waals surface area contributed by atoms with Crippen LogP contribution in [0.4, 0.5) is 4.39 Å². The van der Waals surface area contributed by atoms with Crippen molar-refractivity contribution in [2.45, 2.75) is 30.5 Å². The van der Waals surface area contributed by atoms with Gasteiger partial charge >= 0.3 is 0 Å². The first-order valence-corrected chi connectivity index (χ1v) is 6.50. The zero-order chi connectivity index (χ0) is 11.2. The molecule has 0 saturated carbocycles. The van der Waals surface area contributed by atoms with Gasteiger partial charge in [-0.2, -0.15) is 0 Å². The molecule has 0 bridgehead atoms. The molecular weight excluding hydrogens is 279 g/mol. The summed E-state index contributed by atoms with van der Waals surface area (Å²) in [5.41, 5.74) is 1.33. The van der Waals surface area contributed by atoms with Crippen molar-refractivity contribution in [3.8, 4) is 0 Å². The van der Waals surface area contributed by atoms with Crippen LogP contribution >= 0.6 is 27.7 Å². The van der Waals surface area contributed by atoms with Gasteiger partial charge in [-0.15, -0.1) is 11.8 Å². The molecule has 0 amide bonds. The van der Waals surface area contributed by atoms with Crippen LogP contribution in [0.3, 0.4) is 0 Å². The molecular formula is C11H12BrFOS. The fraction of sp³-hybridized carbons (Fsp3) is 0.455. The number of aliphatic hydroxyl groups excluding tert-OH is 1. The quantitative estimate of drug-likeness (QED) is 0.787. The van der Waals surface area contributed by atoms with Crippen molar-refractivity contribution in [1.29, 1.82) is 0 Å². The standard InChI is InChI=1S/C11H12BrFOS/c1-11(2)10(14)9-6(5-15-11)7(12)3-4-8(9)13/h3-4,10,14H,5H2,1-2H3. The number of thioether (sulfide) groups is 1. The molecule has 1 atom stereocenters. The highest BCUT2D eigenvalue weighted by Crippen LogP contribution is 2.47. The largest absolute Gasteiger partial charge is 0.387 e. The molecule has 1 aliphatic heterocycles. The van der Waals surface area contributed by atoms with Gasteiger partial charge in [-0.05, 0) is 31.5 Å². The molecule has 15 heavy (non-hydrogen) atoms. The van der Waals surface area contributed by atoms with Crippen molar-refractivity contribution in [1.82, 2.24) is 0 Å². The average molecular weight is 291 g/mol. The first-order chi connectivity index (χ1) is 6.93. The molecule has 0 spiro atoms. The summed E-state index contributed by atoms with van der Waals surface area (Å²) < 4.78 is 14.2. The van der Waals surface area contributed by atoms with Crippen molar-refractivity contribution in [3.63, 3.8) is 0 Å². The van der Waals surface area contributed by atoms with Gasteiger partial charge in [0.05, 0.1) is 6.10 Å². The van der Waals surface area contributed by atoms with Crippen LogP contribution in [0.2, 0.25) is 0 Å². The third-order valence-corrected chi connectivity index (χ3v) is 4.91. The van der Waals surface area contributed by atoms with Gasteiger partial charge in [0, 0.05) is 20.5 Å².